The van der Waals surface area contributed by atoms with Crippen LogP contribution in [-0.4, -0.2) is 11.1 Å². The molecule has 1 N–H and O–H groups in total. The number of furan rings is 1. The molecule has 2 heterocycles. The fourth-order valence-electron chi connectivity index (χ4n) is 2.66. The zero-order chi connectivity index (χ0) is 20.5. The first-order valence-corrected chi connectivity index (χ1v) is 10.4. The normalized spacial score (nSPS) is 16.6. The van der Waals surface area contributed by atoms with Crippen molar-refractivity contribution in [2.75, 3.05) is 0 Å². The van der Waals surface area contributed by atoms with E-state index in [-0.39, 0.29) is 5.91 Å². The van der Waals surface area contributed by atoms with Crippen molar-refractivity contribution in [1.82, 2.24) is 5.32 Å². The van der Waals surface area contributed by atoms with Crippen molar-refractivity contribution in [2.24, 2.45) is 4.99 Å². The molecule has 0 saturated carbocycles. The third-order valence-corrected chi connectivity index (χ3v) is 6.03. The number of thioether (sulfide) groups is 1. The standard InChI is InChI=1S/C21H13Cl3N2O2S/c1-11-2-4-13(22)9-17(11)25-21-26-20(27)19(29-21)10-14-5-7-18(28-14)12-3-6-15(23)16(24)8-12/h2-10H,1H3,(H,25,26,27)/b19-10-. The molecule has 1 aliphatic heterocycles. The average Bonchev–Trinajstić information content (AvgIpc) is 3.28. The molecule has 8 heteroatoms. The van der Waals surface area contributed by atoms with Gasteiger partial charge >= 0.3 is 0 Å². The van der Waals surface area contributed by atoms with Crippen LogP contribution in [-0.2, 0) is 4.79 Å². The molecule has 3 aromatic rings. The first-order chi connectivity index (χ1) is 13.9. The van der Waals surface area contributed by atoms with Crippen LogP contribution in [0, 0.1) is 6.92 Å². The molecule has 0 aliphatic carbocycles. The Balaban J connectivity index is 1.57. The van der Waals surface area contributed by atoms with Crippen LogP contribution < -0.4 is 5.32 Å². The number of hydrogen-bond acceptors (Lipinski definition) is 4. The number of amides is 1. The monoisotopic (exact) mass is 462 g/mol. The highest BCUT2D eigenvalue weighted by Gasteiger charge is 2.24. The molecule has 1 saturated heterocycles. The van der Waals surface area contributed by atoms with E-state index >= 15 is 0 Å². The highest BCUT2D eigenvalue weighted by atomic mass is 35.5. The molecule has 0 radical (unpaired) electrons. The van der Waals surface area contributed by atoms with Gasteiger partial charge in [-0.25, -0.2) is 4.99 Å². The van der Waals surface area contributed by atoms with Crippen LogP contribution in [0.4, 0.5) is 5.69 Å². The number of benzene rings is 2. The van der Waals surface area contributed by atoms with Crippen LogP contribution in [0.5, 0.6) is 0 Å². The van der Waals surface area contributed by atoms with Gasteiger partial charge in [0.2, 0.25) is 0 Å². The second-order valence-electron chi connectivity index (χ2n) is 6.24. The van der Waals surface area contributed by atoms with E-state index in [2.05, 4.69) is 10.3 Å². The topological polar surface area (TPSA) is 54.6 Å². The van der Waals surface area contributed by atoms with E-state index in [1.54, 1.807) is 36.4 Å². The van der Waals surface area contributed by atoms with Crippen molar-refractivity contribution in [3.05, 3.63) is 79.8 Å². The Labute approximate surface area is 186 Å². The van der Waals surface area contributed by atoms with Gasteiger partial charge < -0.3 is 9.73 Å². The maximum Gasteiger partial charge on any atom is 0.264 e. The number of rotatable bonds is 3. The molecule has 146 valence electrons. The van der Waals surface area contributed by atoms with Crippen molar-refractivity contribution in [1.29, 1.82) is 0 Å². The van der Waals surface area contributed by atoms with Gasteiger partial charge in [-0.05, 0) is 66.7 Å². The lowest BCUT2D eigenvalue weighted by Crippen LogP contribution is -2.19. The third-order valence-electron chi connectivity index (χ3n) is 4.15. The highest BCUT2D eigenvalue weighted by molar-refractivity contribution is 8.18. The summed E-state index contributed by atoms with van der Waals surface area (Å²) in [6.07, 6.45) is 1.67. The lowest BCUT2D eigenvalue weighted by Gasteiger charge is -2.01. The molecular weight excluding hydrogens is 451 g/mol. The molecule has 0 atom stereocenters. The minimum Gasteiger partial charge on any atom is -0.457 e. The average molecular weight is 464 g/mol. The van der Waals surface area contributed by atoms with Crippen LogP contribution in [0.3, 0.4) is 0 Å². The summed E-state index contributed by atoms with van der Waals surface area (Å²) in [5.74, 6) is 0.937. The maximum absolute atomic E-state index is 12.3. The number of carbonyl (C=O) groups is 1. The molecule has 29 heavy (non-hydrogen) atoms. The van der Waals surface area contributed by atoms with E-state index in [9.17, 15) is 4.79 Å². The lowest BCUT2D eigenvalue weighted by molar-refractivity contribution is -0.115. The summed E-state index contributed by atoms with van der Waals surface area (Å²) < 4.78 is 5.83. The summed E-state index contributed by atoms with van der Waals surface area (Å²) in [4.78, 5) is 17.3. The van der Waals surface area contributed by atoms with Gasteiger partial charge in [0.05, 0.1) is 20.6 Å². The Kier molecular flexibility index (Phi) is 5.74. The van der Waals surface area contributed by atoms with E-state index in [0.717, 1.165) is 11.1 Å². The zero-order valence-electron chi connectivity index (χ0n) is 15.0. The number of aryl methyl sites for hydroxylation is 1. The maximum atomic E-state index is 12.3. The Hall–Kier alpha value is -2.18. The van der Waals surface area contributed by atoms with Crippen LogP contribution in [0.2, 0.25) is 15.1 Å². The number of aliphatic imine (C=N–C) groups is 1. The summed E-state index contributed by atoms with van der Waals surface area (Å²) in [6.45, 7) is 1.93. The van der Waals surface area contributed by atoms with Crippen molar-refractivity contribution < 1.29 is 9.21 Å². The third kappa shape index (κ3) is 4.54. The summed E-state index contributed by atoms with van der Waals surface area (Å²) >= 11 is 19.3. The molecule has 2 aromatic carbocycles. The summed E-state index contributed by atoms with van der Waals surface area (Å²) in [5, 5.41) is 4.76. The number of halogens is 3. The van der Waals surface area contributed by atoms with E-state index in [1.165, 1.54) is 11.8 Å². The molecule has 0 bridgehead atoms. The number of nitrogens with one attached hydrogen (secondary N) is 1. The minimum absolute atomic E-state index is 0.235. The van der Waals surface area contributed by atoms with Gasteiger partial charge in [0.25, 0.3) is 5.91 Å². The Bertz CT molecular complexity index is 1180. The van der Waals surface area contributed by atoms with Crippen LogP contribution >= 0.6 is 46.6 Å². The SMILES string of the molecule is Cc1ccc(Cl)cc1N=C1NC(=O)/C(=C/c2ccc(-c3ccc(Cl)c(Cl)c3)o2)S1. The van der Waals surface area contributed by atoms with Crippen molar-refractivity contribution in [2.45, 2.75) is 6.92 Å². The van der Waals surface area contributed by atoms with Gasteiger partial charge in [0.1, 0.15) is 11.5 Å². The van der Waals surface area contributed by atoms with Gasteiger partial charge in [-0.15, -0.1) is 0 Å². The number of hydrogen-bond donors (Lipinski definition) is 1. The van der Waals surface area contributed by atoms with Crippen molar-refractivity contribution >= 4 is 69.4 Å². The fourth-order valence-corrected chi connectivity index (χ4v) is 3.94. The smallest absolute Gasteiger partial charge is 0.264 e. The summed E-state index contributed by atoms with van der Waals surface area (Å²) in [5.41, 5.74) is 2.47. The molecule has 0 unspecified atom stereocenters. The Morgan fingerprint density at radius 2 is 1.86 bits per heavy atom. The van der Waals surface area contributed by atoms with Gasteiger partial charge in [0.15, 0.2) is 5.17 Å². The molecule has 1 fully saturated rings. The summed E-state index contributed by atoms with van der Waals surface area (Å²) in [6, 6.07) is 14.3. The molecule has 1 aromatic heterocycles. The quantitative estimate of drug-likeness (QED) is 0.421. The zero-order valence-corrected chi connectivity index (χ0v) is 18.1. The molecule has 4 nitrogen and oxygen atoms in total. The van der Waals surface area contributed by atoms with Gasteiger partial charge in [-0.1, -0.05) is 40.9 Å². The predicted molar refractivity (Wildman–Crippen MR) is 121 cm³/mol. The van der Waals surface area contributed by atoms with Crippen molar-refractivity contribution in [3.63, 3.8) is 0 Å². The fraction of sp³-hybridized carbons (Fsp3) is 0.0476. The number of carbonyl (C=O) groups excluding carboxylic acids is 1. The number of nitrogens with zero attached hydrogens (tertiary/aromatic N) is 1. The van der Waals surface area contributed by atoms with Crippen LogP contribution in [0.25, 0.3) is 17.4 Å². The lowest BCUT2D eigenvalue weighted by atomic mass is 10.2. The van der Waals surface area contributed by atoms with Gasteiger partial charge in [-0.2, -0.15) is 0 Å². The predicted octanol–water partition coefficient (Wildman–Crippen LogP) is 7.11. The van der Waals surface area contributed by atoms with E-state index in [0.29, 0.717) is 42.3 Å². The van der Waals surface area contributed by atoms with E-state index in [1.807, 2.05) is 25.1 Å². The minimum atomic E-state index is -0.235. The van der Waals surface area contributed by atoms with Crippen LogP contribution in [0.1, 0.15) is 11.3 Å². The number of amidine groups is 1. The van der Waals surface area contributed by atoms with Crippen molar-refractivity contribution in [3.8, 4) is 11.3 Å². The van der Waals surface area contributed by atoms with Gasteiger partial charge in [0, 0.05) is 16.7 Å². The Morgan fingerprint density at radius 1 is 1.03 bits per heavy atom. The van der Waals surface area contributed by atoms with E-state index < -0.39 is 0 Å². The highest BCUT2D eigenvalue weighted by Crippen LogP contribution is 2.33. The first kappa shape index (κ1) is 20.1. The van der Waals surface area contributed by atoms with Crippen LogP contribution in [0.15, 0.2) is 62.8 Å². The van der Waals surface area contributed by atoms with Gasteiger partial charge in [-0.3, -0.25) is 4.79 Å². The molecule has 1 amide bonds. The summed E-state index contributed by atoms with van der Waals surface area (Å²) in [7, 11) is 0. The second kappa shape index (κ2) is 8.28. The Morgan fingerprint density at radius 3 is 2.66 bits per heavy atom. The second-order valence-corrected chi connectivity index (χ2v) is 8.52. The molecule has 1 aliphatic rings. The molecule has 0 spiro atoms. The largest absolute Gasteiger partial charge is 0.457 e. The molecule has 4 rings (SSSR count). The molecular formula is C21H13Cl3N2O2S. The van der Waals surface area contributed by atoms with E-state index in [4.69, 9.17) is 39.2 Å². The first-order valence-electron chi connectivity index (χ1n) is 8.50.